The number of carbonyl (C=O) groups is 1. The number of carbonyl (C=O) groups excluding carboxylic acids is 1. The van der Waals surface area contributed by atoms with E-state index in [0.29, 0.717) is 5.96 Å². The Balaban J connectivity index is 2.93. The summed E-state index contributed by atoms with van der Waals surface area (Å²) in [4.78, 5) is 20.0. The number of nitrogens with zero attached hydrogens (tertiary/aromatic N) is 3. The van der Waals surface area contributed by atoms with Gasteiger partial charge in [0.1, 0.15) is 0 Å². The molecule has 0 spiro atoms. The van der Waals surface area contributed by atoms with Gasteiger partial charge in [-0.1, -0.05) is 18.2 Å². The number of amides is 2. The molecule has 1 aromatic carbocycles. The van der Waals surface area contributed by atoms with Gasteiger partial charge >= 0.3 is 6.03 Å². The Morgan fingerprint density at radius 1 is 1.25 bits per heavy atom. The van der Waals surface area contributed by atoms with Crippen LogP contribution in [0, 0.1) is 13.8 Å². The predicted octanol–water partition coefficient (Wildman–Crippen LogP) is 2.39. The maximum Gasteiger partial charge on any atom is 0.328 e. The molecule has 110 valence electrons. The average Bonchev–Trinajstić information content (AvgIpc) is 2.43. The molecule has 0 unspecified atom stereocenters. The van der Waals surface area contributed by atoms with E-state index in [4.69, 9.17) is 0 Å². The number of urea groups is 1. The summed E-state index contributed by atoms with van der Waals surface area (Å²) in [6.45, 7) is 6.78. The quantitative estimate of drug-likeness (QED) is 0.666. The Hall–Kier alpha value is -2.04. The van der Waals surface area contributed by atoms with Crippen LogP contribution in [0.25, 0.3) is 0 Å². The lowest BCUT2D eigenvalue weighted by molar-refractivity contribution is 0.250. The Morgan fingerprint density at radius 3 is 2.25 bits per heavy atom. The summed E-state index contributed by atoms with van der Waals surface area (Å²) in [6.07, 6.45) is 0. The van der Waals surface area contributed by atoms with Crippen molar-refractivity contribution < 1.29 is 4.79 Å². The fourth-order valence-corrected chi connectivity index (χ4v) is 2.09. The summed E-state index contributed by atoms with van der Waals surface area (Å²) < 4.78 is 0. The van der Waals surface area contributed by atoms with E-state index >= 15 is 0 Å². The number of guanidine groups is 1. The topological polar surface area (TPSA) is 47.9 Å². The molecule has 0 bridgehead atoms. The fraction of sp³-hybridized carbons (Fsp3) is 0.467. The van der Waals surface area contributed by atoms with Crippen molar-refractivity contribution in [3.8, 4) is 0 Å². The molecule has 20 heavy (non-hydrogen) atoms. The normalized spacial score (nSPS) is 11.2. The van der Waals surface area contributed by atoms with Crippen molar-refractivity contribution in [2.45, 2.75) is 20.8 Å². The van der Waals surface area contributed by atoms with E-state index in [2.05, 4.69) is 10.3 Å². The molecule has 0 saturated carbocycles. The van der Waals surface area contributed by atoms with E-state index in [1.54, 1.807) is 19.0 Å². The van der Waals surface area contributed by atoms with Crippen LogP contribution in [0.3, 0.4) is 0 Å². The Morgan fingerprint density at radius 2 is 1.80 bits per heavy atom. The third-order valence-electron chi connectivity index (χ3n) is 3.35. The lowest BCUT2D eigenvalue weighted by Crippen LogP contribution is -2.47. The molecule has 5 heteroatoms. The zero-order chi connectivity index (χ0) is 15.3. The van der Waals surface area contributed by atoms with E-state index in [-0.39, 0.29) is 6.03 Å². The smallest absolute Gasteiger partial charge is 0.328 e. The number of para-hydroxylation sites is 1. The summed E-state index contributed by atoms with van der Waals surface area (Å²) in [6, 6.07) is 5.80. The van der Waals surface area contributed by atoms with E-state index in [0.717, 1.165) is 23.4 Å². The molecular formula is C15H24N4O. The number of rotatable bonds is 2. The van der Waals surface area contributed by atoms with Gasteiger partial charge < -0.3 is 4.90 Å². The molecule has 0 saturated heterocycles. The largest absolute Gasteiger partial charge is 0.346 e. The summed E-state index contributed by atoms with van der Waals surface area (Å²) in [5, 5.41) is 2.83. The highest BCUT2D eigenvalue weighted by Crippen LogP contribution is 2.23. The zero-order valence-corrected chi connectivity index (χ0v) is 13.2. The van der Waals surface area contributed by atoms with Crippen LogP contribution in [0.2, 0.25) is 0 Å². The summed E-state index contributed by atoms with van der Waals surface area (Å²) in [5.41, 5.74) is 3.07. The molecule has 2 amide bonds. The van der Waals surface area contributed by atoms with Gasteiger partial charge in [0, 0.05) is 27.7 Å². The SMILES string of the molecule is CCN(C)C(=NC)NC(=O)N(C)c1c(C)cccc1C. The molecule has 1 aromatic rings. The fourth-order valence-electron chi connectivity index (χ4n) is 2.09. The van der Waals surface area contributed by atoms with Crippen LogP contribution in [-0.2, 0) is 0 Å². The van der Waals surface area contributed by atoms with Gasteiger partial charge in [-0.05, 0) is 31.9 Å². The Labute approximate surface area is 121 Å². The van der Waals surface area contributed by atoms with Crippen LogP contribution in [0.5, 0.6) is 0 Å². The highest BCUT2D eigenvalue weighted by atomic mass is 16.2. The van der Waals surface area contributed by atoms with Crippen LogP contribution >= 0.6 is 0 Å². The van der Waals surface area contributed by atoms with Crippen molar-refractivity contribution in [1.29, 1.82) is 0 Å². The van der Waals surface area contributed by atoms with E-state index in [1.165, 1.54) is 0 Å². The van der Waals surface area contributed by atoms with Gasteiger partial charge in [0.25, 0.3) is 0 Å². The molecule has 0 atom stereocenters. The lowest BCUT2D eigenvalue weighted by Gasteiger charge is -2.25. The first-order valence-corrected chi connectivity index (χ1v) is 6.71. The standard InChI is InChI=1S/C15H24N4O/c1-7-18(5)14(16-4)17-15(20)19(6)13-11(2)9-8-10-12(13)3/h8-10H,7H2,1-6H3,(H,16,17,20). The van der Waals surface area contributed by atoms with Crippen LogP contribution in [0.1, 0.15) is 18.1 Å². The van der Waals surface area contributed by atoms with Crippen molar-refractivity contribution in [3.05, 3.63) is 29.3 Å². The molecule has 0 radical (unpaired) electrons. The average molecular weight is 276 g/mol. The molecule has 0 heterocycles. The second kappa shape index (κ2) is 6.93. The first-order chi connectivity index (χ1) is 9.42. The number of hydrogen-bond donors (Lipinski definition) is 1. The summed E-state index contributed by atoms with van der Waals surface area (Å²) in [7, 11) is 5.33. The van der Waals surface area contributed by atoms with Crippen LogP contribution in [0.4, 0.5) is 10.5 Å². The zero-order valence-electron chi connectivity index (χ0n) is 13.2. The van der Waals surface area contributed by atoms with Gasteiger partial charge in [-0.2, -0.15) is 0 Å². The highest BCUT2D eigenvalue weighted by Gasteiger charge is 2.17. The van der Waals surface area contributed by atoms with Crippen molar-refractivity contribution in [1.82, 2.24) is 10.2 Å². The molecule has 0 aliphatic heterocycles. The summed E-state index contributed by atoms with van der Waals surface area (Å²) >= 11 is 0. The van der Waals surface area contributed by atoms with Gasteiger partial charge in [0.05, 0.1) is 5.69 Å². The summed E-state index contributed by atoms with van der Waals surface area (Å²) in [5.74, 6) is 0.565. The van der Waals surface area contributed by atoms with Crippen molar-refractivity contribution >= 4 is 17.7 Å². The van der Waals surface area contributed by atoms with Crippen LogP contribution in [0.15, 0.2) is 23.2 Å². The first kappa shape index (κ1) is 16.0. The molecule has 5 nitrogen and oxygen atoms in total. The van der Waals surface area contributed by atoms with Crippen LogP contribution in [-0.4, -0.2) is 44.6 Å². The van der Waals surface area contributed by atoms with E-state index in [9.17, 15) is 4.79 Å². The number of aryl methyl sites for hydroxylation is 2. The number of aliphatic imine (C=N–C) groups is 1. The second-order valence-corrected chi connectivity index (χ2v) is 4.79. The number of anilines is 1. The van der Waals surface area contributed by atoms with Gasteiger partial charge in [0.2, 0.25) is 5.96 Å². The lowest BCUT2D eigenvalue weighted by atomic mass is 10.1. The van der Waals surface area contributed by atoms with Crippen molar-refractivity contribution in [2.24, 2.45) is 4.99 Å². The minimum absolute atomic E-state index is 0.191. The van der Waals surface area contributed by atoms with E-state index < -0.39 is 0 Å². The number of hydrogen-bond acceptors (Lipinski definition) is 2. The van der Waals surface area contributed by atoms with Gasteiger partial charge in [-0.3, -0.25) is 15.2 Å². The van der Waals surface area contributed by atoms with Gasteiger partial charge in [0.15, 0.2) is 0 Å². The van der Waals surface area contributed by atoms with E-state index in [1.807, 2.05) is 50.9 Å². The van der Waals surface area contributed by atoms with Crippen molar-refractivity contribution in [3.63, 3.8) is 0 Å². The third-order valence-corrected chi connectivity index (χ3v) is 3.35. The first-order valence-electron chi connectivity index (χ1n) is 6.71. The van der Waals surface area contributed by atoms with Crippen LogP contribution < -0.4 is 10.2 Å². The monoisotopic (exact) mass is 276 g/mol. The molecule has 0 aliphatic rings. The maximum absolute atomic E-state index is 12.3. The Kier molecular flexibility index (Phi) is 5.55. The number of benzene rings is 1. The minimum atomic E-state index is -0.191. The van der Waals surface area contributed by atoms with Crippen molar-refractivity contribution in [2.75, 3.05) is 32.6 Å². The second-order valence-electron chi connectivity index (χ2n) is 4.79. The number of nitrogens with one attached hydrogen (secondary N) is 1. The molecule has 0 aromatic heterocycles. The van der Waals surface area contributed by atoms with Gasteiger partial charge in [-0.25, -0.2) is 4.79 Å². The Bertz CT molecular complexity index is 490. The molecular weight excluding hydrogens is 252 g/mol. The maximum atomic E-state index is 12.3. The highest BCUT2D eigenvalue weighted by molar-refractivity contribution is 6.04. The molecule has 0 aliphatic carbocycles. The predicted molar refractivity (Wildman–Crippen MR) is 84.5 cm³/mol. The minimum Gasteiger partial charge on any atom is -0.346 e. The molecule has 1 N–H and O–H groups in total. The third kappa shape index (κ3) is 3.50. The molecule has 0 fully saturated rings. The van der Waals surface area contributed by atoms with Gasteiger partial charge in [-0.15, -0.1) is 0 Å². The molecule has 1 rings (SSSR count).